The standard InChI is InChI=1S/C15H30N2O/c1-4-8-12(2)17-15(18)11-16-13(3)14-9-6-5-7-10-14/h12-14,16H,4-11H2,1-3H3,(H,17,18)/t12?,13-/m1/s1. The monoisotopic (exact) mass is 254 g/mol. The molecular formula is C15H30N2O. The van der Waals surface area contributed by atoms with Crippen LogP contribution in [-0.4, -0.2) is 24.5 Å². The van der Waals surface area contributed by atoms with E-state index < -0.39 is 0 Å². The van der Waals surface area contributed by atoms with Crippen molar-refractivity contribution in [3.05, 3.63) is 0 Å². The molecule has 0 saturated heterocycles. The molecule has 2 N–H and O–H groups in total. The summed E-state index contributed by atoms with van der Waals surface area (Å²) < 4.78 is 0. The molecule has 1 saturated carbocycles. The minimum Gasteiger partial charge on any atom is -0.353 e. The van der Waals surface area contributed by atoms with Crippen LogP contribution in [0.1, 0.15) is 65.7 Å². The van der Waals surface area contributed by atoms with Crippen LogP contribution < -0.4 is 10.6 Å². The predicted molar refractivity (Wildman–Crippen MR) is 76.6 cm³/mol. The summed E-state index contributed by atoms with van der Waals surface area (Å²) in [5, 5.41) is 6.43. The van der Waals surface area contributed by atoms with Crippen molar-refractivity contribution in [2.75, 3.05) is 6.54 Å². The Balaban J connectivity index is 2.16. The first-order valence-electron chi connectivity index (χ1n) is 7.66. The molecule has 1 amide bonds. The van der Waals surface area contributed by atoms with Gasteiger partial charge in [0.1, 0.15) is 0 Å². The maximum Gasteiger partial charge on any atom is 0.234 e. The number of nitrogens with one attached hydrogen (secondary N) is 2. The number of hydrogen-bond acceptors (Lipinski definition) is 2. The molecule has 18 heavy (non-hydrogen) atoms. The number of amides is 1. The molecule has 0 radical (unpaired) electrons. The second-order valence-electron chi connectivity index (χ2n) is 5.82. The molecular weight excluding hydrogens is 224 g/mol. The third-order valence-electron chi connectivity index (χ3n) is 4.07. The fourth-order valence-corrected chi connectivity index (χ4v) is 2.89. The summed E-state index contributed by atoms with van der Waals surface area (Å²) in [6, 6.07) is 0.770. The van der Waals surface area contributed by atoms with Crippen molar-refractivity contribution < 1.29 is 4.79 Å². The average molecular weight is 254 g/mol. The van der Waals surface area contributed by atoms with Crippen LogP contribution in [0.25, 0.3) is 0 Å². The molecule has 1 rings (SSSR count). The normalized spacial score (nSPS) is 20.4. The van der Waals surface area contributed by atoms with Crippen molar-refractivity contribution in [3.63, 3.8) is 0 Å². The van der Waals surface area contributed by atoms with E-state index in [4.69, 9.17) is 0 Å². The van der Waals surface area contributed by atoms with Crippen LogP contribution >= 0.6 is 0 Å². The van der Waals surface area contributed by atoms with Gasteiger partial charge in [0.15, 0.2) is 0 Å². The van der Waals surface area contributed by atoms with E-state index in [9.17, 15) is 4.79 Å². The Morgan fingerprint density at radius 2 is 1.89 bits per heavy atom. The Kier molecular flexibility index (Phi) is 7.33. The van der Waals surface area contributed by atoms with E-state index in [0.29, 0.717) is 18.6 Å². The molecule has 0 aliphatic heterocycles. The summed E-state index contributed by atoms with van der Waals surface area (Å²) in [6.07, 6.45) is 8.92. The van der Waals surface area contributed by atoms with Crippen molar-refractivity contribution in [1.29, 1.82) is 0 Å². The Labute approximate surface area is 112 Å². The SMILES string of the molecule is CCCC(C)NC(=O)CN[C@H](C)C1CCCCC1. The molecule has 1 fully saturated rings. The summed E-state index contributed by atoms with van der Waals surface area (Å²) in [5.41, 5.74) is 0. The van der Waals surface area contributed by atoms with Crippen molar-refractivity contribution in [2.45, 2.75) is 77.8 Å². The summed E-state index contributed by atoms with van der Waals surface area (Å²) in [7, 11) is 0. The van der Waals surface area contributed by atoms with Crippen molar-refractivity contribution in [2.24, 2.45) is 5.92 Å². The molecule has 0 spiro atoms. The zero-order valence-electron chi connectivity index (χ0n) is 12.3. The van der Waals surface area contributed by atoms with Crippen molar-refractivity contribution in [3.8, 4) is 0 Å². The van der Waals surface area contributed by atoms with Gasteiger partial charge in [-0.25, -0.2) is 0 Å². The average Bonchev–Trinajstić information content (AvgIpc) is 2.37. The van der Waals surface area contributed by atoms with Gasteiger partial charge in [0.25, 0.3) is 0 Å². The highest BCUT2D eigenvalue weighted by atomic mass is 16.1. The molecule has 0 bridgehead atoms. The van der Waals surface area contributed by atoms with Crippen LogP contribution in [0.15, 0.2) is 0 Å². The number of hydrogen-bond donors (Lipinski definition) is 2. The van der Waals surface area contributed by atoms with Gasteiger partial charge < -0.3 is 10.6 Å². The van der Waals surface area contributed by atoms with E-state index >= 15 is 0 Å². The second kappa shape index (κ2) is 8.52. The van der Waals surface area contributed by atoms with Crippen LogP contribution in [0.4, 0.5) is 0 Å². The van der Waals surface area contributed by atoms with Crippen LogP contribution in [0.3, 0.4) is 0 Å². The maximum absolute atomic E-state index is 11.7. The van der Waals surface area contributed by atoms with Crippen LogP contribution in [0.2, 0.25) is 0 Å². The fraction of sp³-hybridized carbons (Fsp3) is 0.933. The lowest BCUT2D eigenvalue weighted by Crippen LogP contribution is -2.43. The molecule has 1 unspecified atom stereocenters. The molecule has 3 nitrogen and oxygen atoms in total. The number of carbonyl (C=O) groups is 1. The Hall–Kier alpha value is -0.570. The van der Waals surface area contributed by atoms with E-state index in [2.05, 4.69) is 31.4 Å². The first-order chi connectivity index (χ1) is 8.63. The lowest BCUT2D eigenvalue weighted by atomic mass is 9.84. The van der Waals surface area contributed by atoms with Gasteiger partial charge in [0.2, 0.25) is 5.91 Å². The maximum atomic E-state index is 11.7. The second-order valence-corrected chi connectivity index (χ2v) is 5.82. The summed E-state index contributed by atoms with van der Waals surface area (Å²) in [5.74, 6) is 0.901. The third-order valence-corrected chi connectivity index (χ3v) is 4.07. The number of carbonyl (C=O) groups excluding carboxylic acids is 1. The van der Waals surface area contributed by atoms with E-state index in [1.165, 1.54) is 32.1 Å². The Morgan fingerprint density at radius 3 is 2.50 bits per heavy atom. The zero-order chi connectivity index (χ0) is 13.4. The van der Waals surface area contributed by atoms with Crippen LogP contribution in [0.5, 0.6) is 0 Å². The lowest BCUT2D eigenvalue weighted by molar-refractivity contribution is -0.121. The lowest BCUT2D eigenvalue weighted by Gasteiger charge is -2.28. The molecule has 0 aromatic heterocycles. The molecule has 0 heterocycles. The van der Waals surface area contributed by atoms with E-state index in [0.717, 1.165) is 18.8 Å². The smallest absolute Gasteiger partial charge is 0.234 e. The van der Waals surface area contributed by atoms with Crippen molar-refractivity contribution in [1.82, 2.24) is 10.6 Å². The quantitative estimate of drug-likeness (QED) is 0.733. The molecule has 1 aliphatic carbocycles. The molecule has 0 aromatic carbocycles. The first kappa shape index (κ1) is 15.5. The van der Waals surface area contributed by atoms with Gasteiger partial charge in [-0.1, -0.05) is 32.6 Å². The summed E-state index contributed by atoms with van der Waals surface area (Å²) in [6.45, 7) is 6.91. The topological polar surface area (TPSA) is 41.1 Å². The minimum absolute atomic E-state index is 0.138. The molecule has 106 valence electrons. The highest BCUT2D eigenvalue weighted by Crippen LogP contribution is 2.26. The third kappa shape index (κ3) is 5.85. The Bertz CT molecular complexity index is 237. The summed E-state index contributed by atoms with van der Waals surface area (Å²) in [4.78, 5) is 11.7. The van der Waals surface area contributed by atoms with Crippen molar-refractivity contribution >= 4 is 5.91 Å². The molecule has 3 heteroatoms. The Morgan fingerprint density at radius 1 is 1.22 bits per heavy atom. The van der Waals surface area contributed by atoms with Gasteiger partial charge in [-0.2, -0.15) is 0 Å². The van der Waals surface area contributed by atoms with Gasteiger partial charge in [0.05, 0.1) is 6.54 Å². The predicted octanol–water partition coefficient (Wildman–Crippen LogP) is 2.85. The largest absolute Gasteiger partial charge is 0.353 e. The van der Waals surface area contributed by atoms with E-state index in [1.54, 1.807) is 0 Å². The van der Waals surface area contributed by atoms with Gasteiger partial charge in [-0.05, 0) is 39.0 Å². The molecule has 0 aromatic rings. The first-order valence-corrected chi connectivity index (χ1v) is 7.66. The van der Waals surface area contributed by atoms with E-state index in [1.807, 2.05) is 0 Å². The fourth-order valence-electron chi connectivity index (χ4n) is 2.89. The minimum atomic E-state index is 0.138. The van der Waals surface area contributed by atoms with Crippen LogP contribution in [-0.2, 0) is 4.79 Å². The molecule has 1 aliphatic rings. The van der Waals surface area contributed by atoms with Crippen LogP contribution in [0, 0.1) is 5.92 Å². The van der Waals surface area contributed by atoms with Gasteiger partial charge in [-0.3, -0.25) is 4.79 Å². The number of rotatable bonds is 7. The highest BCUT2D eigenvalue weighted by Gasteiger charge is 2.20. The van der Waals surface area contributed by atoms with Gasteiger partial charge >= 0.3 is 0 Å². The van der Waals surface area contributed by atoms with Gasteiger partial charge in [-0.15, -0.1) is 0 Å². The highest BCUT2D eigenvalue weighted by molar-refractivity contribution is 5.78. The van der Waals surface area contributed by atoms with Gasteiger partial charge in [0, 0.05) is 12.1 Å². The summed E-state index contributed by atoms with van der Waals surface area (Å²) >= 11 is 0. The van der Waals surface area contributed by atoms with E-state index in [-0.39, 0.29) is 5.91 Å². The molecule has 2 atom stereocenters. The zero-order valence-corrected chi connectivity index (χ0v) is 12.3.